The van der Waals surface area contributed by atoms with Crippen LogP contribution in [0.1, 0.15) is 12.8 Å². The molecule has 3 heterocycles. The van der Waals surface area contributed by atoms with Crippen molar-refractivity contribution < 1.29 is 13.9 Å². The molecule has 4 rings (SSSR count). The normalized spacial score (nSPS) is 16.3. The Labute approximate surface area is 177 Å². The Hall–Kier alpha value is -2.97. The number of ether oxygens (including phenoxy) is 2. The molecule has 1 fully saturated rings. The summed E-state index contributed by atoms with van der Waals surface area (Å²) in [6.07, 6.45) is 5.09. The van der Waals surface area contributed by atoms with E-state index in [9.17, 15) is 9.18 Å². The molecule has 1 aromatic carbocycles. The molecular weight excluding hydrogens is 411 g/mol. The third-order valence-electron chi connectivity index (χ3n) is 4.76. The monoisotopic (exact) mass is 430 g/mol. The minimum Gasteiger partial charge on any atom is -0.439 e. The van der Waals surface area contributed by atoms with Gasteiger partial charge < -0.3 is 14.8 Å². The maximum Gasteiger partial charge on any atom is 0.292 e. The molecule has 1 saturated heterocycles. The first kappa shape index (κ1) is 20.3. The van der Waals surface area contributed by atoms with Crippen molar-refractivity contribution in [1.29, 1.82) is 0 Å². The van der Waals surface area contributed by atoms with Gasteiger partial charge in [0.2, 0.25) is 5.88 Å². The molecule has 3 aromatic rings. The molecule has 0 aliphatic carbocycles. The molecule has 1 unspecified atom stereocenters. The third kappa shape index (κ3) is 4.77. The number of hydrogen-bond donors (Lipinski definition) is 1. The quantitative estimate of drug-likeness (QED) is 0.635. The summed E-state index contributed by atoms with van der Waals surface area (Å²) in [5, 5.41) is 7.46. The van der Waals surface area contributed by atoms with Crippen LogP contribution in [0.2, 0.25) is 5.02 Å². The van der Waals surface area contributed by atoms with Crippen molar-refractivity contribution in [1.82, 2.24) is 14.8 Å². The number of aromatic nitrogens is 3. The van der Waals surface area contributed by atoms with Gasteiger partial charge in [-0.1, -0.05) is 11.6 Å². The van der Waals surface area contributed by atoms with Crippen LogP contribution in [0.15, 0.2) is 53.6 Å². The molecule has 1 atom stereocenters. The standard InChI is InChI=1S/C21H20ClFN4O3/c22-20-18(24-10-14-2-1-9-29-13-14)12-26-27(21(20)28)16-5-8-19(25-11-16)30-17-6-3-15(23)4-7-17/h3-8,11-12,14,24H,1-2,9-10,13H2. The first-order valence-corrected chi connectivity index (χ1v) is 9.97. The van der Waals surface area contributed by atoms with E-state index in [0.717, 1.165) is 19.4 Å². The van der Waals surface area contributed by atoms with Crippen LogP contribution >= 0.6 is 11.6 Å². The van der Waals surface area contributed by atoms with Crippen molar-refractivity contribution in [3.8, 4) is 17.3 Å². The molecule has 0 bridgehead atoms. The second-order valence-corrected chi connectivity index (χ2v) is 7.34. The summed E-state index contributed by atoms with van der Waals surface area (Å²) in [6.45, 7) is 2.17. The Kier molecular flexibility index (Phi) is 6.25. The lowest BCUT2D eigenvalue weighted by Crippen LogP contribution is -2.26. The lowest BCUT2D eigenvalue weighted by Gasteiger charge is -2.22. The van der Waals surface area contributed by atoms with Crippen LogP contribution < -0.4 is 15.6 Å². The largest absolute Gasteiger partial charge is 0.439 e. The zero-order valence-electron chi connectivity index (χ0n) is 16.1. The van der Waals surface area contributed by atoms with Gasteiger partial charge in [-0.05, 0) is 49.1 Å². The number of halogens is 2. The van der Waals surface area contributed by atoms with Crippen molar-refractivity contribution in [2.45, 2.75) is 12.8 Å². The van der Waals surface area contributed by atoms with E-state index in [1.165, 1.54) is 41.3 Å². The molecule has 1 aliphatic heterocycles. The number of hydrogen-bond acceptors (Lipinski definition) is 6. The second kappa shape index (κ2) is 9.23. The number of pyridine rings is 1. The van der Waals surface area contributed by atoms with Crippen LogP contribution in [0, 0.1) is 11.7 Å². The van der Waals surface area contributed by atoms with Crippen LogP contribution in [0.4, 0.5) is 10.1 Å². The van der Waals surface area contributed by atoms with Gasteiger partial charge >= 0.3 is 0 Å². The highest BCUT2D eigenvalue weighted by molar-refractivity contribution is 6.32. The maximum atomic E-state index is 13.0. The summed E-state index contributed by atoms with van der Waals surface area (Å²) in [5.74, 6) is 0.791. The van der Waals surface area contributed by atoms with Gasteiger partial charge in [-0.3, -0.25) is 4.79 Å². The summed E-state index contributed by atoms with van der Waals surface area (Å²) in [6, 6.07) is 8.83. The zero-order valence-corrected chi connectivity index (χ0v) is 16.8. The van der Waals surface area contributed by atoms with E-state index in [2.05, 4.69) is 15.4 Å². The minimum absolute atomic E-state index is 0.0633. The topological polar surface area (TPSA) is 78.3 Å². The Balaban J connectivity index is 1.46. The van der Waals surface area contributed by atoms with E-state index >= 15 is 0 Å². The maximum absolute atomic E-state index is 13.0. The lowest BCUT2D eigenvalue weighted by atomic mass is 10.0. The SMILES string of the molecule is O=c1c(Cl)c(NCC2CCCOC2)cnn1-c1ccc(Oc2ccc(F)cc2)nc1. The van der Waals surface area contributed by atoms with Crippen LogP contribution in [-0.2, 0) is 4.74 Å². The van der Waals surface area contributed by atoms with Gasteiger partial charge in [-0.15, -0.1) is 0 Å². The highest BCUT2D eigenvalue weighted by Gasteiger charge is 2.16. The predicted molar refractivity (Wildman–Crippen MR) is 111 cm³/mol. The Morgan fingerprint density at radius 3 is 2.77 bits per heavy atom. The molecule has 1 aliphatic rings. The summed E-state index contributed by atoms with van der Waals surface area (Å²) in [5.41, 5.74) is 0.490. The Bertz CT molecular complexity index is 1050. The van der Waals surface area contributed by atoms with Crippen molar-refractivity contribution in [3.05, 3.63) is 70.0 Å². The van der Waals surface area contributed by atoms with E-state index in [4.69, 9.17) is 21.1 Å². The fraction of sp³-hybridized carbons (Fsp3) is 0.286. The van der Waals surface area contributed by atoms with Gasteiger partial charge in [0.25, 0.3) is 5.56 Å². The molecule has 0 amide bonds. The van der Waals surface area contributed by atoms with E-state index < -0.39 is 5.56 Å². The van der Waals surface area contributed by atoms with Crippen molar-refractivity contribution >= 4 is 17.3 Å². The molecule has 7 nitrogen and oxygen atoms in total. The van der Waals surface area contributed by atoms with Gasteiger partial charge in [-0.2, -0.15) is 9.78 Å². The van der Waals surface area contributed by atoms with Crippen molar-refractivity contribution in [2.75, 3.05) is 25.1 Å². The number of nitrogens with zero attached hydrogens (tertiary/aromatic N) is 3. The summed E-state index contributed by atoms with van der Waals surface area (Å²) < 4.78 is 25.2. The molecule has 0 radical (unpaired) electrons. The van der Waals surface area contributed by atoms with Crippen LogP contribution in [0.5, 0.6) is 11.6 Å². The minimum atomic E-state index is -0.449. The van der Waals surface area contributed by atoms with Crippen LogP contribution in [0.25, 0.3) is 5.69 Å². The molecule has 2 aromatic heterocycles. The van der Waals surface area contributed by atoms with E-state index in [0.29, 0.717) is 42.1 Å². The van der Waals surface area contributed by atoms with Crippen LogP contribution in [0.3, 0.4) is 0 Å². The molecule has 156 valence electrons. The van der Waals surface area contributed by atoms with E-state index in [1.54, 1.807) is 12.1 Å². The first-order chi connectivity index (χ1) is 14.6. The van der Waals surface area contributed by atoms with Gasteiger partial charge in [0.15, 0.2) is 0 Å². The van der Waals surface area contributed by atoms with Crippen molar-refractivity contribution in [3.63, 3.8) is 0 Å². The van der Waals surface area contributed by atoms with Gasteiger partial charge in [-0.25, -0.2) is 9.37 Å². The van der Waals surface area contributed by atoms with Gasteiger partial charge in [0.1, 0.15) is 16.6 Å². The van der Waals surface area contributed by atoms with Gasteiger partial charge in [0.05, 0.1) is 30.4 Å². The molecule has 9 heteroatoms. The summed E-state index contributed by atoms with van der Waals surface area (Å²) >= 11 is 6.27. The van der Waals surface area contributed by atoms with Gasteiger partial charge in [0, 0.05) is 19.2 Å². The Morgan fingerprint density at radius 1 is 1.23 bits per heavy atom. The summed E-state index contributed by atoms with van der Waals surface area (Å²) in [7, 11) is 0. The zero-order chi connectivity index (χ0) is 20.9. The predicted octanol–water partition coefficient (Wildman–Crippen LogP) is 4.05. The number of benzene rings is 1. The second-order valence-electron chi connectivity index (χ2n) is 6.96. The highest BCUT2D eigenvalue weighted by atomic mass is 35.5. The first-order valence-electron chi connectivity index (χ1n) is 9.59. The van der Waals surface area contributed by atoms with E-state index in [1.807, 2.05) is 0 Å². The molecule has 0 spiro atoms. The average Bonchev–Trinajstić information content (AvgIpc) is 2.78. The molecule has 1 N–H and O–H groups in total. The smallest absolute Gasteiger partial charge is 0.292 e. The fourth-order valence-corrected chi connectivity index (χ4v) is 3.34. The summed E-state index contributed by atoms with van der Waals surface area (Å²) in [4.78, 5) is 16.8. The average molecular weight is 431 g/mol. The lowest BCUT2D eigenvalue weighted by molar-refractivity contribution is 0.0595. The van der Waals surface area contributed by atoms with E-state index in [-0.39, 0.29) is 10.8 Å². The van der Waals surface area contributed by atoms with Crippen LogP contribution in [-0.4, -0.2) is 34.5 Å². The number of anilines is 1. The Morgan fingerprint density at radius 2 is 2.07 bits per heavy atom. The van der Waals surface area contributed by atoms with Crippen molar-refractivity contribution in [2.24, 2.45) is 5.92 Å². The number of rotatable bonds is 6. The molecular formula is C21H20ClFN4O3. The highest BCUT2D eigenvalue weighted by Crippen LogP contribution is 2.22. The molecule has 30 heavy (non-hydrogen) atoms. The fourth-order valence-electron chi connectivity index (χ4n) is 3.14. The number of nitrogens with one attached hydrogen (secondary N) is 1. The molecule has 0 saturated carbocycles. The third-order valence-corrected chi connectivity index (χ3v) is 5.12.